The number of carbonyl (C=O) groups is 2. The molecule has 1 aliphatic carbocycles. The van der Waals surface area contributed by atoms with Crippen molar-refractivity contribution in [3.8, 4) is 0 Å². The lowest BCUT2D eigenvalue weighted by Gasteiger charge is -2.26. The van der Waals surface area contributed by atoms with Gasteiger partial charge in [0, 0.05) is 37.0 Å². The van der Waals surface area contributed by atoms with E-state index in [1.165, 1.54) is 0 Å². The summed E-state index contributed by atoms with van der Waals surface area (Å²) >= 11 is 0. The number of aromatic nitrogens is 1. The molecule has 5 nitrogen and oxygen atoms in total. The lowest BCUT2D eigenvalue weighted by Crippen LogP contribution is -2.33. The van der Waals surface area contributed by atoms with Gasteiger partial charge >= 0.3 is 5.97 Å². The number of pyridine rings is 1. The summed E-state index contributed by atoms with van der Waals surface area (Å²) in [5.41, 5.74) is 4.01. The summed E-state index contributed by atoms with van der Waals surface area (Å²) in [6.07, 6.45) is 5.83. The van der Waals surface area contributed by atoms with E-state index >= 15 is 0 Å². The standard InChI is InChI=1S/C25H22N2O3/c28-24(27(21-9-10-21)16-17-5-4-12-26-15-17)19-8-11-22-20(13-19)14-23(30-25(22)29)18-6-2-1-3-7-18/h1-8,11-13,15,21,23H,9-10,14,16H2/t23-/m1/s1. The number of hydrogen-bond donors (Lipinski definition) is 0. The van der Waals surface area contributed by atoms with Gasteiger partial charge in [-0.1, -0.05) is 36.4 Å². The van der Waals surface area contributed by atoms with Crippen molar-refractivity contribution in [2.24, 2.45) is 0 Å². The van der Waals surface area contributed by atoms with E-state index < -0.39 is 0 Å². The van der Waals surface area contributed by atoms with E-state index in [1.54, 1.807) is 24.5 Å². The van der Waals surface area contributed by atoms with Gasteiger partial charge in [-0.15, -0.1) is 0 Å². The van der Waals surface area contributed by atoms with E-state index in [2.05, 4.69) is 4.98 Å². The molecule has 0 radical (unpaired) electrons. The topological polar surface area (TPSA) is 59.5 Å². The third-order valence-electron chi connectivity index (χ3n) is 5.72. The van der Waals surface area contributed by atoms with Crippen LogP contribution in [0.15, 0.2) is 73.1 Å². The fourth-order valence-corrected chi connectivity index (χ4v) is 3.99. The van der Waals surface area contributed by atoms with Gasteiger partial charge in [0.05, 0.1) is 5.56 Å². The molecule has 1 atom stereocenters. The van der Waals surface area contributed by atoms with E-state index in [1.807, 2.05) is 53.4 Å². The molecule has 0 spiro atoms. The van der Waals surface area contributed by atoms with Crippen molar-refractivity contribution < 1.29 is 14.3 Å². The summed E-state index contributed by atoms with van der Waals surface area (Å²) in [6, 6.07) is 19.2. The first-order valence-electron chi connectivity index (χ1n) is 10.3. The smallest absolute Gasteiger partial charge is 0.339 e. The zero-order valence-corrected chi connectivity index (χ0v) is 16.5. The van der Waals surface area contributed by atoms with Crippen molar-refractivity contribution in [3.05, 3.63) is 101 Å². The Bertz CT molecular complexity index is 1080. The van der Waals surface area contributed by atoms with Gasteiger partial charge in [-0.3, -0.25) is 9.78 Å². The van der Waals surface area contributed by atoms with Crippen LogP contribution in [0.2, 0.25) is 0 Å². The number of amides is 1. The van der Waals surface area contributed by atoms with Gasteiger partial charge in [-0.25, -0.2) is 4.79 Å². The van der Waals surface area contributed by atoms with E-state index in [-0.39, 0.29) is 24.0 Å². The summed E-state index contributed by atoms with van der Waals surface area (Å²) in [4.78, 5) is 31.9. The van der Waals surface area contributed by atoms with E-state index in [0.29, 0.717) is 24.1 Å². The number of fused-ring (bicyclic) bond motifs is 1. The summed E-state index contributed by atoms with van der Waals surface area (Å²) < 4.78 is 5.63. The van der Waals surface area contributed by atoms with Gasteiger partial charge in [-0.2, -0.15) is 0 Å². The van der Waals surface area contributed by atoms with Crippen molar-refractivity contribution in [1.82, 2.24) is 9.88 Å². The highest BCUT2D eigenvalue weighted by atomic mass is 16.5. The molecule has 5 heteroatoms. The SMILES string of the molecule is O=C1O[C@@H](c2ccccc2)Cc2cc(C(=O)N(Cc3cccnc3)C3CC3)ccc21. The predicted octanol–water partition coefficient (Wildman–Crippen LogP) is 4.34. The molecule has 150 valence electrons. The molecule has 1 saturated carbocycles. The van der Waals surface area contributed by atoms with Crippen LogP contribution in [0.3, 0.4) is 0 Å². The first-order valence-corrected chi connectivity index (χ1v) is 10.3. The summed E-state index contributed by atoms with van der Waals surface area (Å²) in [7, 11) is 0. The number of nitrogens with zero attached hydrogens (tertiary/aromatic N) is 2. The number of ether oxygens (including phenoxy) is 1. The molecular formula is C25H22N2O3. The predicted molar refractivity (Wildman–Crippen MR) is 112 cm³/mol. The Morgan fingerprint density at radius 2 is 1.90 bits per heavy atom. The minimum Gasteiger partial charge on any atom is -0.454 e. The van der Waals surface area contributed by atoms with Gasteiger partial charge in [0.15, 0.2) is 0 Å². The van der Waals surface area contributed by atoms with Crippen LogP contribution in [0.25, 0.3) is 0 Å². The molecule has 0 unspecified atom stereocenters. The summed E-state index contributed by atoms with van der Waals surface area (Å²) in [5.74, 6) is -0.335. The number of cyclic esters (lactones) is 1. The van der Waals surface area contributed by atoms with Crippen LogP contribution in [-0.4, -0.2) is 27.8 Å². The number of esters is 1. The second-order valence-electron chi connectivity index (χ2n) is 7.91. The van der Waals surface area contributed by atoms with Crippen molar-refractivity contribution >= 4 is 11.9 Å². The van der Waals surface area contributed by atoms with E-state index in [4.69, 9.17) is 4.74 Å². The molecule has 1 amide bonds. The summed E-state index contributed by atoms with van der Waals surface area (Å²) in [5, 5.41) is 0. The van der Waals surface area contributed by atoms with Crippen LogP contribution in [0.1, 0.15) is 56.4 Å². The lowest BCUT2D eigenvalue weighted by atomic mass is 9.93. The number of benzene rings is 2. The van der Waals surface area contributed by atoms with Crippen molar-refractivity contribution in [2.45, 2.75) is 38.0 Å². The largest absolute Gasteiger partial charge is 0.454 e. The van der Waals surface area contributed by atoms with Crippen molar-refractivity contribution in [3.63, 3.8) is 0 Å². The molecule has 0 saturated heterocycles. The van der Waals surface area contributed by atoms with Crippen LogP contribution in [-0.2, 0) is 17.7 Å². The quantitative estimate of drug-likeness (QED) is 0.600. The fraction of sp³-hybridized carbons (Fsp3) is 0.240. The Morgan fingerprint density at radius 3 is 2.63 bits per heavy atom. The third-order valence-corrected chi connectivity index (χ3v) is 5.72. The van der Waals surface area contributed by atoms with Gasteiger partial charge in [0.2, 0.25) is 0 Å². The Hall–Kier alpha value is -3.47. The maximum absolute atomic E-state index is 13.3. The molecule has 2 aromatic carbocycles. The number of hydrogen-bond acceptors (Lipinski definition) is 4. The molecule has 0 N–H and O–H groups in total. The highest BCUT2D eigenvalue weighted by Crippen LogP contribution is 2.33. The molecule has 3 aromatic rings. The molecule has 5 rings (SSSR count). The Balaban J connectivity index is 1.41. The second-order valence-corrected chi connectivity index (χ2v) is 7.91. The van der Waals surface area contributed by atoms with Crippen LogP contribution < -0.4 is 0 Å². The van der Waals surface area contributed by atoms with Crippen molar-refractivity contribution in [1.29, 1.82) is 0 Å². The average Bonchev–Trinajstić information content (AvgIpc) is 3.63. The van der Waals surface area contributed by atoms with Crippen molar-refractivity contribution in [2.75, 3.05) is 0 Å². The van der Waals surface area contributed by atoms with Gasteiger partial charge in [0.25, 0.3) is 5.91 Å². The maximum atomic E-state index is 13.3. The highest BCUT2D eigenvalue weighted by Gasteiger charge is 2.34. The molecule has 2 heterocycles. The zero-order valence-electron chi connectivity index (χ0n) is 16.5. The fourth-order valence-electron chi connectivity index (χ4n) is 3.99. The van der Waals surface area contributed by atoms with Gasteiger partial charge < -0.3 is 9.64 Å². The molecule has 2 aliphatic rings. The molecule has 1 aromatic heterocycles. The number of rotatable bonds is 5. The summed E-state index contributed by atoms with van der Waals surface area (Å²) in [6.45, 7) is 0.545. The molecule has 30 heavy (non-hydrogen) atoms. The maximum Gasteiger partial charge on any atom is 0.339 e. The Morgan fingerprint density at radius 1 is 1.07 bits per heavy atom. The van der Waals surface area contributed by atoms with Crippen LogP contribution in [0.5, 0.6) is 0 Å². The first kappa shape index (κ1) is 18.6. The van der Waals surface area contributed by atoms with E-state index in [0.717, 1.165) is 29.5 Å². The zero-order chi connectivity index (χ0) is 20.5. The van der Waals surface area contributed by atoms with Crippen LogP contribution in [0, 0.1) is 0 Å². The lowest BCUT2D eigenvalue weighted by molar-refractivity contribution is 0.0252. The Kier molecular flexibility index (Phi) is 4.79. The minimum absolute atomic E-state index is 0.000597. The van der Waals surface area contributed by atoms with Gasteiger partial charge in [0.1, 0.15) is 6.10 Å². The highest BCUT2D eigenvalue weighted by molar-refractivity contribution is 5.98. The Labute approximate surface area is 175 Å². The number of carbonyl (C=O) groups excluding carboxylic acids is 2. The third kappa shape index (κ3) is 3.71. The molecule has 1 aliphatic heterocycles. The second kappa shape index (κ2) is 7.75. The van der Waals surface area contributed by atoms with Crippen LogP contribution >= 0.6 is 0 Å². The van der Waals surface area contributed by atoms with Gasteiger partial charge in [-0.05, 0) is 53.8 Å². The molecule has 0 bridgehead atoms. The normalized spacial score (nSPS) is 17.7. The molecular weight excluding hydrogens is 376 g/mol. The average molecular weight is 398 g/mol. The van der Waals surface area contributed by atoms with Crippen LogP contribution in [0.4, 0.5) is 0 Å². The van der Waals surface area contributed by atoms with E-state index in [9.17, 15) is 9.59 Å². The minimum atomic E-state index is -0.335. The monoisotopic (exact) mass is 398 g/mol. The molecule has 1 fully saturated rings. The first-order chi connectivity index (χ1) is 14.7.